The van der Waals surface area contributed by atoms with Gasteiger partial charge >= 0.3 is 0 Å². The molecule has 0 saturated carbocycles. The number of fused-ring (bicyclic) bond motifs is 2. The van der Waals surface area contributed by atoms with Crippen LogP contribution in [-0.2, 0) is 6.42 Å². The molecule has 1 aliphatic rings. The van der Waals surface area contributed by atoms with Gasteiger partial charge in [-0.1, -0.05) is 36.9 Å². The van der Waals surface area contributed by atoms with Crippen molar-refractivity contribution in [2.45, 2.75) is 6.42 Å². The monoisotopic (exact) mass is 232 g/mol. The first-order chi connectivity index (χ1) is 8.70. The maximum Gasteiger partial charge on any atom is 0.119 e. The predicted octanol–water partition coefficient (Wildman–Crippen LogP) is 3.15. The zero-order valence-corrected chi connectivity index (χ0v) is 9.90. The highest BCUT2D eigenvalue weighted by Crippen LogP contribution is 2.38. The van der Waals surface area contributed by atoms with Crippen molar-refractivity contribution in [1.29, 1.82) is 5.26 Å². The summed E-state index contributed by atoms with van der Waals surface area (Å²) in [5, 5.41) is 11.3. The van der Waals surface area contributed by atoms with Gasteiger partial charge in [-0.15, -0.1) is 0 Å². The summed E-state index contributed by atoms with van der Waals surface area (Å²) in [4.78, 5) is 0. The first-order valence-electron chi connectivity index (χ1n) is 5.80. The fourth-order valence-corrected chi connectivity index (χ4v) is 2.57. The summed E-state index contributed by atoms with van der Waals surface area (Å²) in [5.41, 5.74) is 10.0. The highest BCUT2D eigenvalue weighted by Gasteiger charge is 2.22. The molecule has 0 unspecified atom stereocenters. The van der Waals surface area contributed by atoms with Crippen LogP contribution in [0.2, 0.25) is 0 Å². The molecule has 0 spiro atoms. The van der Waals surface area contributed by atoms with Gasteiger partial charge in [0.25, 0.3) is 0 Å². The van der Waals surface area contributed by atoms with Crippen LogP contribution in [0.25, 0.3) is 16.3 Å². The Labute approximate surface area is 106 Å². The lowest BCUT2D eigenvalue weighted by atomic mass is 10.00. The Bertz CT molecular complexity index is 745. The van der Waals surface area contributed by atoms with E-state index in [0.717, 1.165) is 28.5 Å². The molecular formula is C16H12N2. The van der Waals surface area contributed by atoms with Gasteiger partial charge in [0.15, 0.2) is 0 Å². The second-order valence-electron chi connectivity index (χ2n) is 4.54. The molecule has 0 fully saturated rings. The number of rotatable bonds is 0. The van der Waals surface area contributed by atoms with Gasteiger partial charge in [-0.05, 0) is 40.0 Å². The lowest BCUT2D eigenvalue weighted by Crippen LogP contribution is -1.98. The minimum Gasteiger partial charge on any atom is -0.390 e. The van der Waals surface area contributed by atoms with E-state index in [9.17, 15) is 0 Å². The van der Waals surface area contributed by atoms with E-state index < -0.39 is 0 Å². The van der Waals surface area contributed by atoms with Gasteiger partial charge in [-0.2, -0.15) is 5.26 Å². The molecule has 0 heterocycles. The number of nitriles is 1. The van der Waals surface area contributed by atoms with E-state index in [1.165, 1.54) is 10.9 Å². The third kappa shape index (κ3) is 1.42. The zero-order chi connectivity index (χ0) is 12.7. The predicted molar refractivity (Wildman–Crippen MR) is 73.5 cm³/mol. The highest BCUT2D eigenvalue weighted by atomic mass is 14.6. The van der Waals surface area contributed by atoms with Crippen molar-refractivity contribution in [3.63, 3.8) is 0 Å². The van der Waals surface area contributed by atoms with Gasteiger partial charge in [0.05, 0.1) is 0 Å². The van der Waals surface area contributed by atoms with Crippen molar-refractivity contribution < 1.29 is 0 Å². The van der Waals surface area contributed by atoms with E-state index in [-0.39, 0.29) is 5.70 Å². The second-order valence-corrected chi connectivity index (χ2v) is 4.54. The molecular weight excluding hydrogens is 220 g/mol. The van der Waals surface area contributed by atoms with Crippen LogP contribution in [0.1, 0.15) is 11.1 Å². The Kier molecular flexibility index (Phi) is 2.21. The lowest BCUT2D eigenvalue weighted by Gasteiger charge is -2.05. The molecule has 86 valence electrons. The topological polar surface area (TPSA) is 49.8 Å². The Morgan fingerprint density at radius 1 is 1.22 bits per heavy atom. The van der Waals surface area contributed by atoms with Gasteiger partial charge in [0.1, 0.15) is 11.8 Å². The molecule has 0 aliphatic heterocycles. The molecule has 0 amide bonds. The van der Waals surface area contributed by atoms with Gasteiger partial charge in [0.2, 0.25) is 0 Å². The Hall–Kier alpha value is -2.53. The number of nitrogens with two attached hydrogens (primary N) is 1. The molecule has 2 aromatic rings. The van der Waals surface area contributed by atoms with Crippen molar-refractivity contribution in [3.05, 3.63) is 65.4 Å². The van der Waals surface area contributed by atoms with Crippen molar-refractivity contribution in [2.24, 2.45) is 5.73 Å². The van der Waals surface area contributed by atoms with E-state index in [1.54, 1.807) is 0 Å². The van der Waals surface area contributed by atoms with E-state index >= 15 is 0 Å². The molecule has 0 saturated heterocycles. The second kappa shape index (κ2) is 3.75. The summed E-state index contributed by atoms with van der Waals surface area (Å²) in [5.74, 6) is 0. The average Bonchev–Trinajstić information content (AvgIpc) is 2.70. The lowest BCUT2D eigenvalue weighted by molar-refractivity contribution is 1.28. The van der Waals surface area contributed by atoms with Crippen LogP contribution in [0.15, 0.2) is 54.2 Å². The Balaban J connectivity index is 2.35. The quantitative estimate of drug-likeness (QED) is 0.709. The fourth-order valence-electron chi connectivity index (χ4n) is 2.57. The van der Waals surface area contributed by atoms with Crippen LogP contribution >= 0.6 is 0 Å². The normalized spacial score (nSPS) is 16.5. The van der Waals surface area contributed by atoms with Crippen molar-refractivity contribution >= 4 is 16.3 Å². The average molecular weight is 232 g/mol. The van der Waals surface area contributed by atoms with E-state index in [1.807, 2.05) is 18.2 Å². The largest absolute Gasteiger partial charge is 0.390 e. The van der Waals surface area contributed by atoms with Crippen molar-refractivity contribution in [1.82, 2.24) is 0 Å². The van der Waals surface area contributed by atoms with Crippen LogP contribution in [0, 0.1) is 11.3 Å². The standard InChI is InChI=1S/C16H12N2/c1-10-6-13-7-11-4-2-3-5-12(11)8-14(13)16(10)15(18)9-17/h2-5,7-8H,1,6,18H2/b16-15+. The summed E-state index contributed by atoms with van der Waals surface area (Å²) in [6.07, 6.45) is 0.776. The molecule has 0 bridgehead atoms. The van der Waals surface area contributed by atoms with E-state index in [4.69, 9.17) is 11.0 Å². The van der Waals surface area contributed by atoms with Crippen molar-refractivity contribution in [2.75, 3.05) is 0 Å². The Morgan fingerprint density at radius 2 is 1.89 bits per heavy atom. The highest BCUT2D eigenvalue weighted by molar-refractivity contribution is 5.95. The molecule has 0 radical (unpaired) electrons. The number of benzene rings is 2. The zero-order valence-electron chi connectivity index (χ0n) is 9.90. The maximum absolute atomic E-state index is 8.98. The molecule has 2 aromatic carbocycles. The first kappa shape index (κ1) is 10.6. The van der Waals surface area contributed by atoms with Crippen LogP contribution in [0.3, 0.4) is 0 Å². The van der Waals surface area contributed by atoms with E-state index in [0.29, 0.717) is 0 Å². The Morgan fingerprint density at radius 3 is 2.56 bits per heavy atom. The van der Waals surface area contributed by atoms with Crippen LogP contribution in [-0.4, -0.2) is 0 Å². The molecule has 2 heteroatoms. The smallest absolute Gasteiger partial charge is 0.119 e. The molecule has 18 heavy (non-hydrogen) atoms. The molecule has 2 nitrogen and oxygen atoms in total. The molecule has 3 rings (SSSR count). The number of hydrogen-bond acceptors (Lipinski definition) is 2. The summed E-state index contributed by atoms with van der Waals surface area (Å²) in [6, 6.07) is 14.5. The summed E-state index contributed by atoms with van der Waals surface area (Å²) in [7, 11) is 0. The van der Waals surface area contributed by atoms with Crippen LogP contribution < -0.4 is 5.73 Å². The summed E-state index contributed by atoms with van der Waals surface area (Å²) >= 11 is 0. The van der Waals surface area contributed by atoms with E-state index in [2.05, 4.69) is 30.8 Å². The first-order valence-corrected chi connectivity index (χ1v) is 5.80. The van der Waals surface area contributed by atoms with Crippen LogP contribution in [0.5, 0.6) is 0 Å². The third-order valence-corrected chi connectivity index (χ3v) is 3.39. The number of allylic oxidation sites excluding steroid dienone is 3. The van der Waals surface area contributed by atoms with Crippen LogP contribution in [0.4, 0.5) is 0 Å². The SMILES string of the molecule is C=C1Cc2cc3ccccc3cc2/C1=C(/N)C#N. The minimum absolute atomic E-state index is 0.258. The van der Waals surface area contributed by atoms with Crippen molar-refractivity contribution in [3.8, 4) is 6.07 Å². The molecule has 0 aromatic heterocycles. The number of hydrogen-bond donors (Lipinski definition) is 1. The minimum atomic E-state index is 0.258. The summed E-state index contributed by atoms with van der Waals surface area (Å²) < 4.78 is 0. The maximum atomic E-state index is 8.98. The molecule has 0 atom stereocenters. The third-order valence-electron chi connectivity index (χ3n) is 3.39. The molecule has 2 N–H and O–H groups in total. The summed E-state index contributed by atoms with van der Waals surface area (Å²) in [6.45, 7) is 4.02. The van der Waals surface area contributed by atoms with Gasteiger partial charge < -0.3 is 5.73 Å². The molecule has 1 aliphatic carbocycles. The fraction of sp³-hybridized carbons (Fsp3) is 0.0625. The number of nitrogens with zero attached hydrogens (tertiary/aromatic N) is 1. The van der Waals surface area contributed by atoms with Gasteiger partial charge in [0, 0.05) is 5.57 Å². The van der Waals surface area contributed by atoms with Gasteiger partial charge in [-0.25, -0.2) is 0 Å². The van der Waals surface area contributed by atoms with Gasteiger partial charge in [-0.3, -0.25) is 0 Å².